The van der Waals surface area contributed by atoms with Crippen LogP contribution in [0.2, 0.25) is 0 Å². The summed E-state index contributed by atoms with van der Waals surface area (Å²) >= 11 is 0. The lowest BCUT2D eigenvalue weighted by Crippen LogP contribution is -2.25. The fourth-order valence-corrected chi connectivity index (χ4v) is 2.10. The minimum atomic E-state index is -0.0972. The summed E-state index contributed by atoms with van der Waals surface area (Å²) in [6.45, 7) is 0.769. The van der Waals surface area contributed by atoms with E-state index in [1.54, 1.807) is 0 Å². The Bertz CT molecular complexity index is 294. The topological polar surface area (TPSA) is 42.4 Å². The second kappa shape index (κ2) is 5.97. The second-order valence-corrected chi connectivity index (χ2v) is 4.41. The van der Waals surface area contributed by atoms with Gasteiger partial charge in [0.2, 0.25) is 0 Å². The van der Waals surface area contributed by atoms with Crippen LogP contribution in [0.25, 0.3) is 0 Å². The molecule has 2 rings (SSSR count). The van der Waals surface area contributed by atoms with Gasteiger partial charge in [0.1, 0.15) is 0 Å². The van der Waals surface area contributed by atoms with E-state index in [1.165, 1.54) is 5.56 Å². The number of hydrogen-bond donors (Lipinski definition) is 1. The molecule has 0 saturated heterocycles. The minimum absolute atomic E-state index is 0.0972. The van der Waals surface area contributed by atoms with Crippen LogP contribution in [0, 0.1) is 0 Å². The lowest BCUT2D eigenvalue weighted by molar-refractivity contribution is -0.00180. The molecule has 1 aliphatic rings. The number of aromatic nitrogens is 1. The Morgan fingerprint density at radius 2 is 1.88 bits per heavy atom. The van der Waals surface area contributed by atoms with E-state index < -0.39 is 0 Å². The predicted molar refractivity (Wildman–Crippen MR) is 62.2 cm³/mol. The van der Waals surface area contributed by atoms with Gasteiger partial charge in [-0.05, 0) is 49.8 Å². The van der Waals surface area contributed by atoms with E-state index in [9.17, 15) is 5.11 Å². The first-order chi connectivity index (χ1) is 7.84. The number of aliphatic hydroxyl groups is 1. The maximum Gasteiger partial charge on any atom is 0.0577 e. The van der Waals surface area contributed by atoms with Crippen molar-refractivity contribution in [1.29, 1.82) is 0 Å². The largest absolute Gasteiger partial charge is 0.393 e. The SMILES string of the molecule is OC1CCC(OCCc2ccncc2)CC1. The van der Waals surface area contributed by atoms with Gasteiger partial charge in [-0.15, -0.1) is 0 Å². The van der Waals surface area contributed by atoms with E-state index >= 15 is 0 Å². The van der Waals surface area contributed by atoms with Crippen molar-refractivity contribution < 1.29 is 9.84 Å². The molecule has 1 aromatic heterocycles. The molecule has 1 heterocycles. The molecule has 3 heteroatoms. The summed E-state index contributed by atoms with van der Waals surface area (Å²) in [5, 5.41) is 9.37. The van der Waals surface area contributed by atoms with E-state index in [-0.39, 0.29) is 6.10 Å². The van der Waals surface area contributed by atoms with Crippen molar-refractivity contribution in [3.05, 3.63) is 30.1 Å². The molecule has 0 aliphatic heterocycles. The highest BCUT2D eigenvalue weighted by atomic mass is 16.5. The van der Waals surface area contributed by atoms with Gasteiger partial charge in [-0.1, -0.05) is 0 Å². The van der Waals surface area contributed by atoms with E-state index in [0.717, 1.165) is 38.7 Å². The Hall–Kier alpha value is -0.930. The Balaban J connectivity index is 1.65. The lowest BCUT2D eigenvalue weighted by Gasteiger charge is -2.25. The number of hydrogen-bond acceptors (Lipinski definition) is 3. The van der Waals surface area contributed by atoms with Crippen LogP contribution in [0.4, 0.5) is 0 Å². The van der Waals surface area contributed by atoms with Crippen molar-refractivity contribution in [2.75, 3.05) is 6.61 Å². The highest BCUT2D eigenvalue weighted by Gasteiger charge is 2.19. The maximum absolute atomic E-state index is 9.37. The highest BCUT2D eigenvalue weighted by Crippen LogP contribution is 2.21. The van der Waals surface area contributed by atoms with Crippen molar-refractivity contribution >= 4 is 0 Å². The summed E-state index contributed by atoms with van der Waals surface area (Å²) in [4.78, 5) is 3.98. The van der Waals surface area contributed by atoms with E-state index in [1.807, 2.05) is 24.5 Å². The quantitative estimate of drug-likeness (QED) is 0.845. The van der Waals surface area contributed by atoms with Gasteiger partial charge >= 0.3 is 0 Å². The summed E-state index contributed by atoms with van der Waals surface area (Å²) in [7, 11) is 0. The third-order valence-electron chi connectivity index (χ3n) is 3.14. The van der Waals surface area contributed by atoms with Crippen molar-refractivity contribution in [2.24, 2.45) is 0 Å². The molecule has 0 unspecified atom stereocenters. The van der Waals surface area contributed by atoms with Gasteiger partial charge in [-0.2, -0.15) is 0 Å². The molecule has 0 spiro atoms. The molecule has 0 radical (unpaired) electrons. The Morgan fingerprint density at radius 1 is 1.19 bits per heavy atom. The van der Waals surface area contributed by atoms with E-state index in [2.05, 4.69) is 4.98 Å². The van der Waals surface area contributed by atoms with E-state index in [0.29, 0.717) is 6.10 Å². The molecular weight excluding hydrogens is 202 g/mol. The van der Waals surface area contributed by atoms with Gasteiger partial charge < -0.3 is 9.84 Å². The third kappa shape index (κ3) is 3.58. The van der Waals surface area contributed by atoms with Crippen molar-refractivity contribution in [1.82, 2.24) is 4.98 Å². The Labute approximate surface area is 96.5 Å². The van der Waals surface area contributed by atoms with Crippen LogP contribution in [0.15, 0.2) is 24.5 Å². The monoisotopic (exact) mass is 221 g/mol. The van der Waals surface area contributed by atoms with Gasteiger partial charge in [0, 0.05) is 12.4 Å². The standard InChI is InChI=1S/C13H19NO2/c15-12-1-3-13(4-2-12)16-10-7-11-5-8-14-9-6-11/h5-6,8-9,12-13,15H,1-4,7,10H2. The van der Waals surface area contributed by atoms with Gasteiger partial charge in [0.15, 0.2) is 0 Å². The average Bonchev–Trinajstić information content (AvgIpc) is 2.33. The predicted octanol–water partition coefficient (Wildman–Crippen LogP) is 1.94. The number of aliphatic hydroxyl groups excluding tert-OH is 1. The number of rotatable bonds is 4. The van der Waals surface area contributed by atoms with Crippen LogP contribution in [0.5, 0.6) is 0 Å². The fourth-order valence-electron chi connectivity index (χ4n) is 2.10. The molecule has 1 fully saturated rings. The molecule has 1 aliphatic carbocycles. The van der Waals surface area contributed by atoms with Gasteiger partial charge in [-0.3, -0.25) is 4.98 Å². The smallest absolute Gasteiger partial charge is 0.0577 e. The molecule has 1 N–H and O–H groups in total. The Morgan fingerprint density at radius 3 is 2.56 bits per heavy atom. The number of pyridine rings is 1. The maximum atomic E-state index is 9.37. The normalized spacial score (nSPS) is 25.6. The zero-order valence-corrected chi connectivity index (χ0v) is 9.51. The van der Waals surface area contributed by atoms with Crippen LogP contribution in [0.1, 0.15) is 31.2 Å². The summed E-state index contributed by atoms with van der Waals surface area (Å²) < 4.78 is 5.80. The first kappa shape index (κ1) is 11.6. The first-order valence-electron chi connectivity index (χ1n) is 6.03. The second-order valence-electron chi connectivity index (χ2n) is 4.41. The summed E-state index contributed by atoms with van der Waals surface area (Å²) in [5.74, 6) is 0. The van der Waals surface area contributed by atoms with Crippen LogP contribution in [-0.4, -0.2) is 28.9 Å². The van der Waals surface area contributed by atoms with Crippen LogP contribution < -0.4 is 0 Å². The third-order valence-corrected chi connectivity index (χ3v) is 3.14. The number of ether oxygens (including phenoxy) is 1. The van der Waals surface area contributed by atoms with Crippen molar-refractivity contribution in [3.63, 3.8) is 0 Å². The molecule has 0 amide bonds. The molecule has 88 valence electrons. The minimum Gasteiger partial charge on any atom is -0.393 e. The molecule has 16 heavy (non-hydrogen) atoms. The average molecular weight is 221 g/mol. The molecule has 0 atom stereocenters. The molecule has 0 aromatic carbocycles. The zero-order valence-electron chi connectivity index (χ0n) is 9.51. The van der Waals surface area contributed by atoms with Crippen molar-refractivity contribution in [2.45, 2.75) is 44.3 Å². The summed E-state index contributed by atoms with van der Waals surface area (Å²) in [6, 6.07) is 4.04. The lowest BCUT2D eigenvalue weighted by atomic mass is 9.95. The number of nitrogens with zero attached hydrogens (tertiary/aromatic N) is 1. The first-order valence-corrected chi connectivity index (χ1v) is 6.03. The van der Waals surface area contributed by atoms with Crippen LogP contribution >= 0.6 is 0 Å². The fraction of sp³-hybridized carbons (Fsp3) is 0.615. The molecule has 3 nitrogen and oxygen atoms in total. The Kier molecular flexibility index (Phi) is 4.31. The van der Waals surface area contributed by atoms with Crippen LogP contribution in [-0.2, 0) is 11.2 Å². The van der Waals surface area contributed by atoms with Crippen molar-refractivity contribution in [3.8, 4) is 0 Å². The zero-order chi connectivity index (χ0) is 11.2. The molecule has 0 bridgehead atoms. The molecule has 1 saturated carbocycles. The van der Waals surface area contributed by atoms with Gasteiger partial charge in [0.25, 0.3) is 0 Å². The van der Waals surface area contributed by atoms with Gasteiger partial charge in [-0.25, -0.2) is 0 Å². The van der Waals surface area contributed by atoms with E-state index in [4.69, 9.17) is 4.74 Å². The summed E-state index contributed by atoms with van der Waals surface area (Å²) in [6.07, 6.45) is 8.60. The highest BCUT2D eigenvalue weighted by molar-refractivity contribution is 5.09. The van der Waals surface area contributed by atoms with Gasteiger partial charge in [0.05, 0.1) is 18.8 Å². The molecule has 1 aromatic rings. The molecular formula is C13H19NO2. The van der Waals surface area contributed by atoms with Crippen LogP contribution in [0.3, 0.4) is 0 Å². The summed E-state index contributed by atoms with van der Waals surface area (Å²) in [5.41, 5.74) is 1.27.